The van der Waals surface area contributed by atoms with Gasteiger partial charge in [-0.2, -0.15) is 0 Å². The number of aliphatic hydroxyl groups is 1. The van der Waals surface area contributed by atoms with Gasteiger partial charge in [-0.05, 0) is 6.42 Å². The molecule has 0 aromatic carbocycles. The van der Waals surface area contributed by atoms with Gasteiger partial charge in [-0.25, -0.2) is 0 Å². The first kappa shape index (κ1) is 5.06. The van der Waals surface area contributed by atoms with E-state index in [0.29, 0.717) is 18.6 Å². The smallest absolute Gasteiger partial charge is 0.0626 e. The molecular formula is C5H10O2. The highest BCUT2D eigenvalue weighted by atomic mass is 16.5. The molecule has 2 nitrogen and oxygen atoms in total. The second kappa shape index (κ2) is 1.80. The van der Waals surface area contributed by atoms with Crippen LogP contribution < -0.4 is 0 Å². The maximum atomic E-state index is 8.43. The number of rotatable bonds is 2. The zero-order valence-electron chi connectivity index (χ0n) is 4.42. The third-order valence-electron chi connectivity index (χ3n) is 1.39. The van der Waals surface area contributed by atoms with E-state index >= 15 is 0 Å². The Morgan fingerprint density at radius 3 is 2.71 bits per heavy atom. The summed E-state index contributed by atoms with van der Waals surface area (Å²) >= 11 is 0. The number of hydrogen-bond acceptors (Lipinski definition) is 2. The number of ether oxygens (including phenoxy) is 1. The molecule has 0 heterocycles. The minimum Gasteiger partial charge on any atom is -0.396 e. The van der Waals surface area contributed by atoms with Crippen LogP contribution in [0, 0.1) is 5.92 Å². The minimum absolute atomic E-state index is 0.290. The Hall–Kier alpha value is -0.0800. The first-order valence-electron chi connectivity index (χ1n) is 2.52. The van der Waals surface area contributed by atoms with E-state index in [-0.39, 0.29) is 0 Å². The van der Waals surface area contributed by atoms with Gasteiger partial charge in [-0.3, -0.25) is 0 Å². The number of methoxy groups -OCH3 is 1. The molecule has 1 rings (SSSR count). The normalized spacial score (nSPS) is 38.6. The lowest BCUT2D eigenvalue weighted by molar-refractivity contribution is 0.150. The van der Waals surface area contributed by atoms with Crippen LogP contribution in [0.15, 0.2) is 0 Å². The third-order valence-corrected chi connectivity index (χ3v) is 1.39. The Kier molecular flexibility index (Phi) is 1.30. The van der Waals surface area contributed by atoms with Crippen LogP contribution in [0.1, 0.15) is 6.42 Å². The van der Waals surface area contributed by atoms with Crippen molar-refractivity contribution in [2.75, 3.05) is 13.7 Å². The Balaban J connectivity index is 2.06. The van der Waals surface area contributed by atoms with Gasteiger partial charge in [0.1, 0.15) is 0 Å². The van der Waals surface area contributed by atoms with E-state index in [4.69, 9.17) is 9.84 Å². The summed E-state index contributed by atoms with van der Waals surface area (Å²) in [6.07, 6.45) is 1.41. The molecular weight excluding hydrogens is 92.1 g/mol. The third kappa shape index (κ3) is 0.924. The second-order valence-electron chi connectivity index (χ2n) is 1.95. The van der Waals surface area contributed by atoms with Gasteiger partial charge in [0.05, 0.1) is 6.10 Å². The molecule has 2 atom stereocenters. The molecule has 1 saturated carbocycles. The summed E-state index contributed by atoms with van der Waals surface area (Å²) < 4.78 is 4.90. The SMILES string of the molecule is CO[C@H]1C[C@@H]1CO. The molecule has 7 heavy (non-hydrogen) atoms. The molecule has 1 aliphatic carbocycles. The molecule has 0 aliphatic heterocycles. The fourth-order valence-electron chi connectivity index (χ4n) is 0.701. The molecule has 0 saturated heterocycles. The van der Waals surface area contributed by atoms with Crippen molar-refractivity contribution in [3.05, 3.63) is 0 Å². The average molecular weight is 102 g/mol. The largest absolute Gasteiger partial charge is 0.396 e. The fraction of sp³-hybridized carbons (Fsp3) is 1.00. The van der Waals surface area contributed by atoms with Crippen LogP contribution in [0.3, 0.4) is 0 Å². The Bertz CT molecular complexity index is 55.1. The van der Waals surface area contributed by atoms with Crippen molar-refractivity contribution in [2.45, 2.75) is 12.5 Å². The first-order valence-corrected chi connectivity index (χ1v) is 2.52. The molecule has 1 fully saturated rings. The highest BCUT2D eigenvalue weighted by Crippen LogP contribution is 2.31. The number of aliphatic hydroxyl groups excluding tert-OH is 1. The van der Waals surface area contributed by atoms with E-state index in [1.807, 2.05) is 0 Å². The van der Waals surface area contributed by atoms with E-state index in [9.17, 15) is 0 Å². The zero-order valence-corrected chi connectivity index (χ0v) is 4.42. The van der Waals surface area contributed by atoms with Crippen molar-refractivity contribution in [1.82, 2.24) is 0 Å². The highest BCUT2D eigenvalue weighted by Gasteiger charge is 2.36. The Morgan fingerprint density at radius 2 is 2.57 bits per heavy atom. The molecule has 1 aliphatic rings. The lowest BCUT2D eigenvalue weighted by Gasteiger charge is -1.88. The van der Waals surface area contributed by atoms with Gasteiger partial charge < -0.3 is 9.84 Å². The molecule has 42 valence electrons. The van der Waals surface area contributed by atoms with Crippen LogP contribution in [0.5, 0.6) is 0 Å². The summed E-state index contributed by atoms with van der Waals surface area (Å²) in [7, 11) is 1.68. The second-order valence-corrected chi connectivity index (χ2v) is 1.95. The first-order chi connectivity index (χ1) is 3.38. The van der Waals surface area contributed by atoms with Gasteiger partial charge in [0, 0.05) is 19.6 Å². The fourth-order valence-corrected chi connectivity index (χ4v) is 0.701. The molecule has 0 spiro atoms. The van der Waals surface area contributed by atoms with Crippen LogP contribution in [-0.2, 0) is 4.74 Å². The molecule has 1 N–H and O–H groups in total. The standard InChI is InChI=1S/C5H10O2/c1-7-5-2-4(5)3-6/h4-6H,2-3H2,1H3/t4-,5+/m1/s1. The molecule has 0 bridgehead atoms. The van der Waals surface area contributed by atoms with Crippen LogP contribution in [0.4, 0.5) is 0 Å². The highest BCUT2D eigenvalue weighted by molar-refractivity contribution is 4.86. The molecule has 0 radical (unpaired) electrons. The van der Waals surface area contributed by atoms with Gasteiger partial charge in [0.25, 0.3) is 0 Å². The van der Waals surface area contributed by atoms with Crippen LogP contribution in [0.25, 0.3) is 0 Å². The maximum Gasteiger partial charge on any atom is 0.0626 e. The summed E-state index contributed by atoms with van der Waals surface area (Å²) in [5.74, 6) is 0.449. The summed E-state index contributed by atoms with van der Waals surface area (Å²) in [4.78, 5) is 0. The molecule has 2 heteroatoms. The number of hydrogen-bond donors (Lipinski definition) is 1. The van der Waals surface area contributed by atoms with Gasteiger partial charge in [-0.1, -0.05) is 0 Å². The van der Waals surface area contributed by atoms with Crippen molar-refractivity contribution in [1.29, 1.82) is 0 Å². The monoisotopic (exact) mass is 102 g/mol. The zero-order chi connectivity index (χ0) is 5.28. The quantitative estimate of drug-likeness (QED) is 0.532. The molecule has 0 amide bonds. The summed E-state index contributed by atoms with van der Waals surface area (Å²) in [6.45, 7) is 0.290. The van der Waals surface area contributed by atoms with Gasteiger partial charge >= 0.3 is 0 Å². The average Bonchev–Trinajstić information content (AvgIpc) is 2.43. The van der Waals surface area contributed by atoms with Gasteiger partial charge in [0.15, 0.2) is 0 Å². The molecule has 0 aromatic heterocycles. The van der Waals surface area contributed by atoms with E-state index in [0.717, 1.165) is 6.42 Å². The minimum atomic E-state index is 0.290. The summed E-state index contributed by atoms with van der Waals surface area (Å²) in [5, 5.41) is 8.43. The van der Waals surface area contributed by atoms with Crippen molar-refractivity contribution in [3.63, 3.8) is 0 Å². The van der Waals surface area contributed by atoms with E-state index in [1.54, 1.807) is 7.11 Å². The van der Waals surface area contributed by atoms with Crippen LogP contribution in [0.2, 0.25) is 0 Å². The van der Waals surface area contributed by atoms with E-state index in [2.05, 4.69) is 0 Å². The Labute approximate surface area is 43.1 Å². The molecule has 0 unspecified atom stereocenters. The van der Waals surface area contributed by atoms with Crippen LogP contribution >= 0.6 is 0 Å². The maximum absolute atomic E-state index is 8.43. The predicted molar refractivity (Wildman–Crippen MR) is 26.0 cm³/mol. The van der Waals surface area contributed by atoms with Crippen molar-refractivity contribution in [2.24, 2.45) is 5.92 Å². The molecule has 0 aromatic rings. The van der Waals surface area contributed by atoms with Gasteiger partial charge in [-0.15, -0.1) is 0 Å². The lowest BCUT2D eigenvalue weighted by atomic mass is 10.5. The van der Waals surface area contributed by atoms with Gasteiger partial charge in [0.2, 0.25) is 0 Å². The van der Waals surface area contributed by atoms with Crippen molar-refractivity contribution < 1.29 is 9.84 Å². The van der Waals surface area contributed by atoms with E-state index in [1.165, 1.54) is 0 Å². The summed E-state index contributed by atoms with van der Waals surface area (Å²) in [5.41, 5.74) is 0. The van der Waals surface area contributed by atoms with E-state index < -0.39 is 0 Å². The van der Waals surface area contributed by atoms with Crippen molar-refractivity contribution >= 4 is 0 Å². The van der Waals surface area contributed by atoms with Crippen LogP contribution in [-0.4, -0.2) is 24.9 Å². The summed E-state index contributed by atoms with van der Waals surface area (Å²) in [6, 6.07) is 0. The predicted octanol–water partition coefficient (Wildman–Crippen LogP) is 0.0136. The Morgan fingerprint density at radius 1 is 1.86 bits per heavy atom. The lowest BCUT2D eigenvalue weighted by Crippen LogP contribution is -1.94. The topological polar surface area (TPSA) is 29.5 Å². The van der Waals surface area contributed by atoms with Crippen molar-refractivity contribution in [3.8, 4) is 0 Å².